The van der Waals surface area contributed by atoms with Gasteiger partial charge in [-0.25, -0.2) is 0 Å². The molecule has 2 N–H and O–H groups in total. The van der Waals surface area contributed by atoms with Crippen LogP contribution in [0.2, 0.25) is 0 Å². The molecule has 8 nitrogen and oxygen atoms in total. The Morgan fingerprint density at radius 3 is 2.65 bits per heavy atom. The molecule has 0 fully saturated rings. The van der Waals surface area contributed by atoms with E-state index in [1.807, 2.05) is 0 Å². The van der Waals surface area contributed by atoms with Crippen LogP contribution in [0.1, 0.15) is 13.8 Å². The lowest BCUT2D eigenvalue weighted by molar-refractivity contribution is -0.115. The number of benzene rings is 2. The largest absolute Gasteiger partial charge is 0.433 e. The third-order valence-electron chi connectivity index (χ3n) is 3.97. The van der Waals surface area contributed by atoms with Gasteiger partial charge in [0.05, 0.1) is 16.6 Å². The zero-order valence-corrected chi connectivity index (χ0v) is 17.4. The van der Waals surface area contributed by atoms with Gasteiger partial charge in [0.1, 0.15) is 12.1 Å². The number of amides is 2. The van der Waals surface area contributed by atoms with Gasteiger partial charge < -0.3 is 15.4 Å². The first-order valence-corrected chi connectivity index (χ1v) is 10.0. The van der Waals surface area contributed by atoms with E-state index < -0.39 is 17.8 Å². The predicted octanol–water partition coefficient (Wildman–Crippen LogP) is 3.95. The van der Waals surface area contributed by atoms with Crippen molar-refractivity contribution in [2.24, 2.45) is 0 Å². The molecule has 1 unspecified atom stereocenters. The molecule has 31 heavy (non-hydrogen) atoms. The number of nitrogens with one attached hydrogen (secondary N) is 2. The minimum Gasteiger partial charge on any atom is -0.433 e. The summed E-state index contributed by atoms with van der Waals surface area (Å²) in [6.07, 6.45) is 1.49. The van der Waals surface area contributed by atoms with Gasteiger partial charge in [-0.15, -0.1) is 10.2 Å². The molecule has 3 rings (SSSR count). The lowest BCUT2D eigenvalue weighted by Crippen LogP contribution is -2.23. The molecule has 0 aliphatic heterocycles. The van der Waals surface area contributed by atoms with Crippen molar-refractivity contribution in [3.63, 3.8) is 0 Å². The molecule has 0 saturated carbocycles. The molecular weight excluding hydrogens is 428 g/mol. The monoisotopic (exact) mass is 447 g/mol. The van der Waals surface area contributed by atoms with Gasteiger partial charge in [0.15, 0.2) is 5.16 Å². The van der Waals surface area contributed by atoms with Gasteiger partial charge in [0, 0.05) is 12.6 Å². The maximum atomic E-state index is 12.6. The summed E-state index contributed by atoms with van der Waals surface area (Å²) >= 11 is 1.14. The van der Waals surface area contributed by atoms with Crippen LogP contribution in [0.3, 0.4) is 0 Å². The lowest BCUT2D eigenvalue weighted by atomic mass is 10.2. The number of hydrogen-bond acceptors (Lipinski definition) is 6. The van der Waals surface area contributed by atoms with Crippen molar-refractivity contribution < 1.29 is 23.1 Å². The summed E-state index contributed by atoms with van der Waals surface area (Å²) < 4.78 is 31.3. The van der Waals surface area contributed by atoms with E-state index in [2.05, 4.69) is 25.6 Å². The topological polar surface area (TPSA) is 98.1 Å². The van der Waals surface area contributed by atoms with E-state index in [1.165, 1.54) is 31.5 Å². The van der Waals surface area contributed by atoms with Crippen LogP contribution in [0.25, 0.3) is 5.69 Å². The fraction of sp³-hybridized carbons (Fsp3) is 0.200. The molecule has 1 aromatic heterocycles. The summed E-state index contributed by atoms with van der Waals surface area (Å²) in [5, 5.41) is 13.1. The third kappa shape index (κ3) is 6.01. The molecule has 0 bridgehead atoms. The number of alkyl halides is 2. The molecule has 2 amide bonds. The van der Waals surface area contributed by atoms with Crippen LogP contribution in [-0.2, 0) is 9.59 Å². The summed E-state index contributed by atoms with van der Waals surface area (Å²) in [4.78, 5) is 23.9. The first-order chi connectivity index (χ1) is 14.8. The van der Waals surface area contributed by atoms with E-state index in [0.717, 1.165) is 11.8 Å². The van der Waals surface area contributed by atoms with Crippen molar-refractivity contribution in [3.05, 3.63) is 54.9 Å². The Kier molecular flexibility index (Phi) is 7.19. The Labute approximate surface area is 181 Å². The van der Waals surface area contributed by atoms with Crippen LogP contribution in [-0.4, -0.2) is 38.4 Å². The fourth-order valence-corrected chi connectivity index (χ4v) is 3.48. The highest BCUT2D eigenvalue weighted by atomic mass is 32.2. The number of nitrogens with zero attached hydrogens (tertiary/aromatic N) is 3. The number of carbonyl (C=O) groups is 2. The number of para-hydroxylation sites is 2. The van der Waals surface area contributed by atoms with Gasteiger partial charge in [-0.05, 0) is 37.3 Å². The van der Waals surface area contributed by atoms with E-state index >= 15 is 0 Å². The van der Waals surface area contributed by atoms with E-state index in [-0.39, 0.29) is 17.3 Å². The van der Waals surface area contributed by atoms with E-state index in [1.54, 1.807) is 41.8 Å². The molecule has 2 aromatic carbocycles. The van der Waals surface area contributed by atoms with Crippen LogP contribution >= 0.6 is 11.8 Å². The van der Waals surface area contributed by atoms with Gasteiger partial charge in [0.2, 0.25) is 11.8 Å². The van der Waals surface area contributed by atoms with Crippen molar-refractivity contribution in [3.8, 4) is 11.4 Å². The maximum absolute atomic E-state index is 12.6. The minimum atomic E-state index is -3.00. The molecule has 0 spiro atoms. The van der Waals surface area contributed by atoms with Gasteiger partial charge in [0.25, 0.3) is 0 Å². The van der Waals surface area contributed by atoms with Crippen molar-refractivity contribution in [1.29, 1.82) is 0 Å². The Balaban J connectivity index is 1.73. The quantitative estimate of drug-likeness (QED) is 0.508. The second-order valence-electron chi connectivity index (χ2n) is 6.34. The molecule has 3 aromatic rings. The number of thioether (sulfide) groups is 1. The number of rotatable bonds is 8. The van der Waals surface area contributed by atoms with Crippen LogP contribution in [0.15, 0.2) is 60.0 Å². The van der Waals surface area contributed by atoms with E-state index in [9.17, 15) is 18.4 Å². The number of hydrogen-bond donors (Lipinski definition) is 2. The SMILES string of the molecule is CC(=O)Nc1cccc(-n2cnnc2SC(C)C(=O)Nc2ccccc2OC(F)F)c1. The number of halogens is 2. The zero-order chi connectivity index (χ0) is 22.4. The zero-order valence-electron chi connectivity index (χ0n) is 16.6. The maximum Gasteiger partial charge on any atom is 0.387 e. The van der Waals surface area contributed by atoms with Gasteiger partial charge in [-0.1, -0.05) is 30.0 Å². The minimum absolute atomic E-state index is 0.124. The van der Waals surface area contributed by atoms with E-state index in [4.69, 9.17) is 0 Å². The Hall–Kier alpha value is -3.47. The van der Waals surface area contributed by atoms with Crippen LogP contribution in [0.5, 0.6) is 5.75 Å². The second-order valence-corrected chi connectivity index (χ2v) is 7.65. The van der Waals surface area contributed by atoms with E-state index in [0.29, 0.717) is 16.5 Å². The molecule has 1 atom stereocenters. The standard InChI is InChI=1S/C20H19F2N5O3S/c1-12(18(29)25-16-8-3-4-9-17(16)30-19(21)22)31-20-26-23-11-27(20)15-7-5-6-14(10-15)24-13(2)28/h3-12,19H,1-2H3,(H,24,28)(H,25,29). The van der Waals surface area contributed by atoms with Gasteiger partial charge in [-0.2, -0.15) is 8.78 Å². The highest BCUT2D eigenvalue weighted by Gasteiger charge is 2.20. The lowest BCUT2D eigenvalue weighted by Gasteiger charge is -2.15. The molecule has 0 radical (unpaired) electrons. The third-order valence-corrected chi connectivity index (χ3v) is 5.03. The average molecular weight is 447 g/mol. The smallest absolute Gasteiger partial charge is 0.387 e. The number of aromatic nitrogens is 3. The number of carbonyl (C=O) groups excluding carboxylic acids is 2. The Bertz CT molecular complexity index is 1080. The average Bonchev–Trinajstić information content (AvgIpc) is 3.17. The van der Waals surface area contributed by atoms with Crippen LogP contribution < -0.4 is 15.4 Å². The summed E-state index contributed by atoms with van der Waals surface area (Å²) in [7, 11) is 0. The molecule has 0 aliphatic rings. The van der Waals surface area contributed by atoms with Gasteiger partial charge in [-0.3, -0.25) is 14.2 Å². The predicted molar refractivity (Wildman–Crippen MR) is 113 cm³/mol. The molecule has 0 saturated heterocycles. The van der Waals surface area contributed by atoms with Crippen LogP contribution in [0.4, 0.5) is 20.2 Å². The Morgan fingerprint density at radius 2 is 1.90 bits per heavy atom. The molecular formula is C20H19F2N5O3S. The molecule has 1 heterocycles. The first-order valence-electron chi connectivity index (χ1n) is 9.13. The van der Waals surface area contributed by atoms with Crippen LogP contribution in [0, 0.1) is 0 Å². The summed E-state index contributed by atoms with van der Waals surface area (Å²) in [6.45, 7) is 0.0672. The summed E-state index contributed by atoms with van der Waals surface area (Å²) in [6, 6.07) is 13.0. The van der Waals surface area contributed by atoms with Crippen molar-refractivity contribution in [2.75, 3.05) is 10.6 Å². The summed E-state index contributed by atoms with van der Waals surface area (Å²) in [5.41, 5.74) is 1.45. The van der Waals surface area contributed by atoms with Crippen molar-refractivity contribution >= 4 is 35.0 Å². The molecule has 0 aliphatic carbocycles. The Morgan fingerprint density at radius 1 is 1.13 bits per heavy atom. The van der Waals surface area contributed by atoms with Gasteiger partial charge >= 0.3 is 6.61 Å². The number of anilines is 2. The number of ether oxygens (including phenoxy) is 1. The van der Waals surface area contributed by atoms with Crippen molar-refractivity contribution in [1.82, 2.24) is 14.8 Å². The summed E-state index contributed by atoms with van der Waals surface area (Å²) in [5.74, 6) is -0.741. The second kappa shape index (κ2) is 10.0. The normalized spacial score (nSPS) is 11.8. The molecule has 11 heteroatoms. The first kappa shape index (κ1) is 22.2. The fourth-order valence-electron chi connectivity index (χ4n) is 2.63. The highest BCUT2D eigenvalue weighted by Crippen LogP contribution is 2.29. The van der Waals surface area contributed by atoms with Crippen molar-refractivity contribution in [2.45, 2.75) is 30.9 Å². The molecule has 162 valence electrons. The highest BCUT2D eigenvalue weighted by molar-refractivity contribution is 8.00.